The van der Waals surface area contributed by atoms with E-state index >= 15 is 0 Å². The number of benzene rings is 1. The number of urea groups is 1. The van der Waals surface area contributed by atoms with Crippen LogP contribution in [0, 0.1) is 0 Å². The second-order valence-electron chi connectivity index (χ2n) is 5.01. The number of barbiturate groups is 1. The molecule has 2 heterocycles. The van der Waals surface area contributed by atoms with Gasteiger partial charge in [0.1, 0.15) is 0 Å². The van der Waals surface area contributed by atoms with Crippen LogP contribution in [0.1, 0.15) is 12.0 Å². The predicted octanol–water partition coefficient (Wildman–Crippen LogP) is 0.421. The molecule has 2 unspecified atom stereocenters. The first kappa shape index (κ1) is 12.8. The van der Waals surface area contributed by atoms with Gasteiger partial charge in [0.15, 0.2) is 5.41 Å². The van der Waals surface area contributed by atoms with E-state index < -0.39 is 23.3 Å². The quantitative estimate of drug-likeness (QED) is 0.793. The molecule has 0 spiro atoms. The first-order chi connectivity index (χ1) is 9.59. The van der Waals surface area contributed by atoms with E-state index in [0.717, 1.165) is 4.90 Å². The third kappa shape index (κ3) is 1.58. The van der Waals surface area contributed by atoms with Gasteiger partial charge in [-0.05, 0) is 5.56 Å². The van der Waals surface area contributed by atoms with Crippen molar-refractivity contribution >= 4 is 17.8 Å². The van der Waals surface area contributed by atoms with Crippen molar-refractivity contribution in [1.82, 2.24) is 10.2 Å². The SMILES string of the molecule is COC1CN2C(=O)NC(=O)C(c3ccccc3)(C1)C2=O. The topological polar surface area (TPSA) is 75.7 Å². The van der Waals surface area contributed by atoms with E-state index in [1.54, 1.807) is 24.3 Å². The number of hydrogen-bond acceptors (Lipinski definition) is 4. The van der Waals surface area contributed by atoms with Crippen LogP contribution in [0.5, 0.6) is 0 Å². The average Bonchev–Trinajstić information content (AvgIpc) is 2.46. The highest BCUT2D eigenvalue weighted by molar-refractivity contribution is 6.23. The maximum atomic E-state index is 12.6. The smallest absolute Gasteiger partial charge is 0.330 e. The lowest BCUT2D eigenvalue weighted by Crippen LogP contribution is -2.71. The lowest BCUT2D eigenvalue weighted by atomic mass is 9.70. The van der Waals surface area contributed by atoms with Crippen molar-refractivity contribution in [1.29, 1.82) is 0 Å². The Bertz CT molecular complexity index is 586. The fraction of sp³-hybridized carbons (Fsp3) is 0.357. The molecule has 0 aromatic heterocycles. The fourth-order valence-electron chi connectivity index (χ4n) is 2.90. The minimum atomic E-state index is -1.37. The Balaban J connectivity index is 2.16. The summed E-state index contributed by atoms with van der Waals surface area (Å²) in [5.41, 5.74) is -0.782. The summed E-state index contributed by atoms with van der Waals surface area (Å²) in [6, 6.07) is 8.12. The second kappa shape index (κ2) is 4.42. The molecule has 2 aliphatic heterocycles. The van der Waals surface area contributed by atoms with E-state index in [1.807, 2.05) is 6.07 Å². The summed E-state index contributed by atoms with van der Waals surface area (Å²) in [6.07, 6.45) is -0.106. The molecule has 4 amide bonds. The first-order valence-corrected chi connectivity index (χ1v) is 6.35. The Kier molecular flexibility index (Phi) is 2.83. The van der Waals surface area contributed by atoms with Gasteiger partial charge in [-0.2, -0.15) is 0 Å². The van der Waals surface area contributed by atoms with Crippen molar-refractivity contribution in [2.45, 2.75) is 17.9 Å². The van der Waals surface area contributed by atoms with Crippen LogP contribution in [-0.4, -0.2) is 42.5 Å². The Morgan fingerprint density at radius 1 is 1.25 bits per heavy atom. The number of nitrogens with one attached hydrogen (secondary N) is 1. The molecule has 1 aromatic carbocycles. The highest BCUT2D eigenvalue weighted by Crippen LogP contribution is 2.38. The Labute approximate surface area is 115 Å². The number of fused-ring (bicyclic) bond motifs is 2. The maximum absolute atomic E-state index is 12.6. The molecule has 2 aliphatic rings. The standard InChI is InChI=1S/C14H14N2O4/c1-20-10-7-14(9-5-3-2-4-6-9)11(17)15-13(19)16(8-10)12(14)18/h2-6,10H,7-8H2,1H3,(H,15,17,19). The number of carbonyl (C=O) groups excluding carboxylic acids is 3. The minimum absolute atomic E-state index is 0.170. The van der Waals surface area contributed by atoms with Crippen molar-refractivity contribution in [2.75, 3.05) is 13.7 Å². The van der Waals surface area contributed by atoms with Gasteiger partial charge in [-0.1, -0.05) is 30.3 Å². The molecule has 6 nitrogen and oxygen atoms in total. The number of hydrogen-bond donors (Lipinski definition) is 1. The van der Waals surface area contributed by atoms with Gasteiger partial charge in [0.05, 0.1) is 12.6 Å². The highest BCUT2D eigenvalue weighted by atomic mass is 16.5. The zero-order valence-electron chi connectivity index (χ0n) is 11.0. The molecule has 0 radical (unpaired) electrons. The predicted molar refractivity (Wildman–Crippen MR) is 68.8 cm³/mol. The number of methoxy groups -OCH3 is 1. The van der Waals surface area contributed by atoms with Crippen LogP contribution in [0.25, 0.3) is 0 Å². The maximum Gasteiger partial charge on any atom is 0.330 e. The summed E-state index contributed by atoms with van der Waals surface area (Å²) < 4.78 is 5.29. The van der Waals surface area contributed by atoms with Gasteiger partial charge in [0.2, 0.25) is 5.91 Å². The number of amides is 4. The van der Waals surface area contributed by atoms with Crippen LogP contribution in [0.2, 0.25) is 0 Å². The van der Waals surface area contributed by atoms with E-state index in [1.165, 1.54) is 7.11 Å². The molecule has 1 N–H and O–H groups in total. The molecule has 104 valence electrons. The van der Waals surface area contributed by atoms with Crippen molar-refractivity contribution in [2.24, 2.45) is 0 Å². The van der Waals surface area contributed by atoms with Crippen molar-refractivity contribution < 1.29 is 19.1 Å². The summed E-state index contributed by atoms with van der Waals surface area (Å²) in [6.45, 7) is 0.170. The van der Waals surface area contributed by atoms with Crippen molar-refractivity contribution in [3.8, 4) is 0 Å². The normalized spacial score (nSPS) is 29.4. The average molecular weight is 274 g/mol. The number of carbonyl (C=O) groups is 3. The van der Waals surface area contributed by atoms with Gasteiger partial charge in [0, 0.05) is 13.5 Å². The number of nitrogens with zero attached hydrogens (tertiary/aromatic N) is 1. The molecular weight excluding hydrogens is 260 g/mol. The monoisotopic (exact) mass is 274 g/mol. The second-order valence-corrected chi connectivity index (χ2v) is 5.01. The van der Waals surface area contributed by atoms with Gasteiger partial charge < -0.3 is 4.74 Å². The molecule has 2 bridgehead atoms. The molecule has 2 fully saturated rings. The number of piperidine rings is 1. The number of rotatable bonds is 2. The lowest BCUT2D eigenvalue weighted by molar-refractivity contribution is -0.153. The van der Waals surface area contributed by atoms with E-state index in [0.29, 0.717) is 5.56 Å². The van der Waals surface area contributed by atoms with Gasteiger partial charge in [0.25, 0.3) is 5.91 Å². The molecule has 2 atom stereocenters. The largest absolute Gasteiger partial charge is 0.380 e. The van der Waals surface area contributed by atoms with Gasteiger partial charge >= 0.3 is 6.03 Å². The molecule has 2 saturated heterocycles. The van der Waals surface area contributed by atoms with Gasteiger partial charge in [-0.3, -0.25) is 19.8 Å². The van der Waals surface area contributed by atoms with E-state index in [-0.39, 0.29) is 19.1 Å². The Hall–Kier alpha value is -2.21. The number of imide groups is 2. The summed E-state index contributed by atoms with van der Waals surface area (Å²) in [4.78, 5) is 37.8. The van der Waals surface area contributed by atoms with Crippen LogP contribution in [0.3, 0.4) is 0 Å². The zero-order chi connectivity index (χ0) is 14.3. The van der Waals surface area contributed by atoms with Crippen LogP contribution in [-0.2, 0) is 19.7 Å². The van der Waals surface area contributed by atoms with Gasteiger partial charge in [-0.25, -0.2) is 4.79 Å². The van der Waals surface area contributed by atoms with E-state index in [9.17, 15) is 14.4 Å². The first-order valence-electron chi connectivity index (χ1n) is 6.35. The molecule has 0 saturated carbocycles. The Morgan fingerprint density at radius 2 is 1.95 bits per heavy atom. The van der Waals surface area contributed by atoms with Crippen LogP contribution >= 0.6 is 0 Å². The minimum Gasteiger partial charge on any atom is -0.380 e. The molecule has 0 aliphatic carbocycles. The number of ether oxygens (including phenoxy) is 1. The summed E-state index contributed by atoms with van der Waals surface area (Å²) in [5, 5.41) is 2.27. The Morgan fingerprint density at radius 3 is 2.60 bits per heavy atom. The molecule has 20 heavy (non-hydrogen) atoms. The summed E-state index contributed by atoms with van der Waals surface area (Å²) in [7, 11) is 1.51. The molecule has 3 rings (SSSR count). The van der Waals surface area contributed by atoms with E-state index in [2.05, 4.69) is 5.32 Å². The lowest BCUT2D eigenvalue weighted by Gasteiger charge is -2.46. The van der Waals surface area contributed by atoms with Crippen LogP contribution < -0.4 is 5.32 Å². The van der Waals surface area contributed by atoms with Crippen molar-refractivity contribution in [3.63, 3.8) is 0 Å². The zero-order valence-corrected chi connectivity index (χ0v) is 11.0. The van der Waals surface area contributed by atoms with Crippen LogP contribution in [0.4, 0.5) is 4.79 Å². The molecular formula is C14H14N2O4. The van der Waals surface area contributed by atoms with Gasteiger partial charge in [-0.15, -0.1) is 0 Å². The van der Waals surface area contributed by atoms with Crippen molar-refractivity contribution in [3.05, 3.63) is 35.9 Å². The third-order valence-corrected chi connectivity index (χ3v) is 3.98. The third-order valence-electron chi connectivity index (χ3n) is 3.98. The molecule has 6 heteroatoms. The molecule has 1 aromatic rings. The van der Waals surface area contributed by atoms with E-state index in [4.69, 9.17) is 4.74 Å². The highest BCUT2D eigenvalue weighted by Gasteiger charge is 2.59. The van der Waals surface area contributed by atoms with Crippen LogP contribution in [0.15, 0.2) is 30.3 Å². The summed E-state index contributed by atoms with van der Waals surface area (Å²) >= 11 is 0. The fourth-order valence-corrected chi connectivity index (χ4v) is 2.90. The summed E-state index contributed by atoms with van der Waals surface area (Å²) in [5.74, 6) is -1.04.